The zero-order valence-corrected chi connectivity index (χ0v) is 19.6. The van der Waals surface area contributed by atoms with Crippen LogP contribution in [0, 0.1) is 11.8 Å². The van der Waals surface area contributed by atoms with Crippen molar-refractivity contribution < 1.29 is 9.53 Å². The fourth-order valence-corrected chi connectivity index (χ4v) is 5.76. The summed E-state index contributed by atoms with van der Waals surface area (Å²) in [6.45, 7) is 7.09. The molecule has 4 rings (SSSR count). The Labute approximate surface area is 190 Å². The first-order valence-corrected chi connectivity index (χ1v) is 12.6. The fraction of sp³-hybridized carbons (Fsp3) is 0.600. The average molecular weight is 442 g/mol. The molecule has 2 atom stereocenters. The van der Waals surface area contributed by atoms with Crippen LogP contribution in [0.1, 0.15) is 69.0 Å². The molecule has 2 aliphatic rings. The summed E-state index contributed by atoms with van der Waals surface area (Å²) < 4.78 is 5.87. The highest BCUT2D eigenvalue weighted by molar-refractivity contribution is 7.09. The number of nitrogens with one attached hydrogen (secondary N) is 1. The van der Waals surface area contributed by atoms with Crippen molar-refractivity contribution in [2.75, 3.05) is 13.1 Å². The molecule has 0 unspecified atom stereocenters. The molecule has 0 spiro atoms. The van der Waals surface area contributed by atoms with Crippen molar-refractivity contribution in [3.05, 3.63) is 46.4 Å². The minimum Gasteiger partial charge on any atom is -0.491 e. The van der Waals surface area contributed by atoms with Crippen molar-refractivity contribution in [1.82, 2.24) is 15.2 Å². The maximum absolute atomic E-state index is 12.9. The highest BCUT2D eigenvalue weighted by Crippen LogP contribution is 2.33. The monoisotopic (exact) mass is 441 g/mol. The van der Waals surface area contributed by atoms with E-state index in [0.29, 0.717) is 5.92 Å². The molecule has 1 aliphatic heterocycles. The third-order valence-corrected chi connectivity index (χ3v) is 7.29. The molecular formula is C25H35N3O2S. The molecule has 1 aromatic heterocycles. The van der Waals surface area contributed by atoms with Crippen LogP contribution in [0.15, 0.2) is 35.8 Å². The number of carbonyl (C=O) groups excluding carboxylic acids is 1. The lowest BCUT2D eigenvalue weighted by Gasteiger charge is -2.37. The quantitative estimate of drug-likeness (QED) is 0.612. The van der Waals surface area contributed by atoms with E-state index in [1.54, 1.807) is 11.3 Å². The maximum Gasteiger partial charge on any atom is 0.223 e. The first-order valence-electron chi connectivity index (χ1n) is 11.8. The van der Waals surface area contributed by atoms with Gasteiger partial charge in [0.05, 0.1) is 12.1 Å². The van der Waals surface area contributed by atoms with Gasteiger partial charge in [0, 0.05) is 30.6 Å². The third kappa shape index (κ3) is 6.07. The Balaban J connectivity index is 1.43. The second-order valence-corrected chi connectivity index (χ2v) is 10.2. The van der Waals surface area contributed by atoms with Gasteiger partial charge in [-0.1, -0.05) is 25.0 Å². The predicted molar refractivity (Wildman–Crippen MR) is 125 cm³/mol. The zero-order valence-electron chi connectivity index (χ0n) is 18.8. The summed E-state index contributed by atoms with van der Waals surface area (Å²) in [7, 11) is 0. The molecule has 1 saturated carbocycles. The minimum absolute atomic E-state index is 0.0199. The fourth-order valence-electron chi connectivity index (χ4n) is 4.98. The van der Waals surface area contributed by atoms with E-state index in [2.05, 4.69) is 47.2 Å². The number of nitrogens with zero attached hydrogens (tertiary/aromatic N) is 2. The van der Waals surface area contributed by atoms with Gasteiger partial charge in [0.2, 0.25) is 5.91 Å². The number of ether oxygens (including phenoxy) is 1. The molecule has 2 aromatic rings. The van der Waals surface area contributed by atoms with E-state index in [1.165, 1.54) is 18.4 Å². The third-order valence-electron chi connectivity index (χ3n) is 6.43. The lowest BCUT2D eigenvalue weighted by Crippen LogP contribution is -2.43. The molecular weight excluding hydrogens is 406 g/mol. The molecule has 1 amide bonds. The lowest BCUT2D eigenvalue weighted by molar-refractivity contribution is -0.126. The predicted octanol–water partition coefficient (Wildman–Crippen LogP) is 5.19. The first-order chi connectivity index (χ1) is 15.1. The number of hydrogen-bond donors (Lipinski definition) is 1. The molecule has 1 N–H and O–H groups in total. The van der Waals surface area contributed by atoms with Gasteiger partial charge in [-0.3, -0.25) is 9.69 Å². The molecule has 5 nitrogen and oxygen atoms in total. The Morgan fingerprint density at radius 3 is 2.84 bits per heavy atom. The van der Waals surface area contributed by atoms with Crippen LogP contribution in [0.3, 0.4) is 0 Å². The summed E-state index contributed by atoms with van der Waals surface area (Å²) in [5, 5.41) is 6.47. The number of piperidine rings is 1. The van der Waals surface area contributed by atoms with Crippen molar-refractivity contribution >= 4 is 17.2 Å². The van der Waals surface area contributed by atoms with Gasteiger partial charge >= 0.3 is 0 Å². The van der Waals surface area contributed by atoms with Crippen LogP contribution in [0.25, 0.3) is 0 Å². The number of hydrogen-bond acceptors (Lipinski definition) is 5. The van der Waals surface area contributed by atoms with E-state index < -0.39 is 0 Å². The number of carbonyl (C=O) groups is 1. The van der Waals surface area contributed by atoms with Crippen LogP contribution in [-0.4, -0.2) is 35.0 Å². The van der Waals surface area contributed by atoms with Crippen molar-refractivity contribution in [3.8, 4) is 5.75 Å². The summed E-state index contributed by atoms with van der Waals surface area (Å²) in [4.78, 5) is 20.0. The van der Waals surface area contributed by atoms with Gasteiger partial charge < -0.3 is 10.1 Å². The molecule has 1 aliphatic carbocycles. The average Bonchev–Trinajstić information content (AvgIpc) is 3.46. The Hall–Kier alpha value is -1.92. The van der Waals surface area contributed by atoms with Gasteiger partial charge in [0.1, 0.15) is 10.8 Å². The van der Waals surface area contributed by atoms with E-state index in [-0.39, 0.29) is 24.0 Å². The normalized spacial score (nSPS) is 21.3. The summed E-state index contributed by atoms with van der Waals surface area (Å²) in [6, 6.07) is 8.46. The van der Waals surface area contributed by atoms with Gasteiger partial charge in [-0.25, -0.2) is 4.98 Å². The number of thiazole rings is 1. The van der Waals surface area contributed by atoms with Crippen molar-refractivity contribution in [1.29, 1.82) is 0 Å². The summed E-state index contributed by atoms with van der Waals surface area (Å²) in [5.41, 5.74) is 1.28. The first kappa shape index (κ1) is 22.3. The van der Waals surface area contributed by atoms with Crippen LogP contribution in [0.2, 0.25) is 0 Å². The summed E-state index contributed by atoms with van der Waals surface area (Å²) in [5.74, 6) is 1.74. The zero-order chi connectivity index (χ0) is 21.6. The maximum atomic E-state index is 12.9. The van der Waals surface area contributed by atoms with Crippen LogP contribution in [-0.2, 0) is 11.3 Å². The van der Waals surface area contributed by atoms with Gasteiger partial charge in [0.25, 0.3) is 0 Å². The van der Waals surface area contributed by atoms with Crippen molar-refractivity contribution in [2.45, 2.75) is 71.1 Å². The minimum atomic E-state index is 0.0199. The number of aromatic nitrogens is 1. The van der Waals surface area contributed by atoms with Crippen LogP contribution in [0.5, 0.6) is 5.75 Å². The number of benzene rings is 1. The smallest absolute Gasteiger partial charge is 0.223 e. The number of likely N-dealkylation sites (tertiary alicyclic amines) is 1. The summed E-state index contributed by atoms with van der Waals surface area (Å²) >= 11 is 1.66. The second kappa shape index (κ2) is 10.6. The van der Waals surface area contributed by atoms with E-state index in [1.807, 2.05) is 17.6 Å². The molecule has 0 radical (unpaired) electrons. The Morgan fingerprint density at radius 1 is 1.26 bits per heavy atom. The van der Waals surface area contributed by atoms with E-state index >= 15 is 0 Å². The molecule has 2 fully saturated rings. The van der Waals surface area contributed by atoms with E-state index in [4.69, 9.17) is 4.74 Å². The van der Waals surface area contributed by atoms with E-state index in [9.17, 15) is 4.79 Å². The molecule has 2 heterocycles. The number of amides is 1. The standard InChI is InChI=1S/C25H35N3O2S/c1-18(2)30-22-11-5-7-19(15-22)16-28-13-6-10-21(17-28)23(25-26-12-14-31-25)27-24(29)20-8-3-4-9-20/h5,7,11-12,14-15,18,20-21,23H,3-4,6,8-10,13,16-17H2,1-2H3,(H,27,29)/t21-,23+/m1/s1. The number of rotatable bonds is 8. The van der Waals surface area contributed by atoms with Gasteiger partial charge in [-0.2, -0.15) is 0 Å². The molecule has 1 aromatic carbocycles. The highest BCUT2D eigenvalue weighted by atomic mass is 32.1. The topological polar surface area (TPSA) is 54.5 Å². The molecule has 0 bridgehead atoms. The SMILES string of the molecule is CC(C)Oc1cccc(CN2CCC[C@@H]([C@H](NC(=O)C3CCCC3)c3nccs3)C2)c1. The van der Waals surface area contributed by atoms with Gasteiger partial charge in [-0.05, 0) is 69.7 Å². The highest BCUT2D eigenvalue weighted by Gasteiger charge is 2.33. The second-order valence-electron chi connectivity index (χ2n) is 9.29. The van der Waals surface area contributed by atoms with Gasteiger partial charge in [-0.15, -0.1) is 11.3 Å². The van der Waals surface area contributed by atoms with Crippen molar-refractivity contribution in [3.63, 3.8) is 0 Å². The molecule has 6 heteroatoms. The van der Waals surface area contributed by atoms with Crippen LogP contribution in [0.4, 0.5) is 0 Å². The Kier molecular flexibility index (Phi) is 7.62. The van der Waals surface area contributed by atoms with Gasteiger partial charge in [0.15, 0.2) is 0 Å². The lowest BCUT2D eigenvalue weighted by atomic mass is 9.90. The van der Waals surface area contributed by atoms with Crippen LogP contribution >= 0.6 is 11.3 Å². The molecule has 1 saturated heterocycles. The Morgan fingerprint density at radius 2 is 2.10 bits per heavy atom. The van der Waals surface area contributed by atoms with E-state index in [0.717, 1.165) is 56.1 Å². The van der Waals surface area contributed by atoms with Crippen LogP contribution < -0.4 is 10.1 Å². The summed E-state index contributed by atoms with van der Waals surface area (Å²) in [6.07, 6.45) is 8.72. The largest absolute Gasteiger partial charge is 0.491 e. The van der Waals surface area contributed by atoms with Crippen molar-refractivity contribution in [2.24, 2.45) is 11.8 Å². The molecule has 168 valence electrons. The Bertz CT molecular complexity index is 833. The molecule has 31 heavy (non-hydrogen) atoms.